The number of methoxy groups -OCH3 is 1. The fraction of sp³-hybridized carbons (Fsp3) is 0.368. The molecular weight excluding hydrogens is 286 g/mol. The van der Waals surface area contributed by atoms with E-state index in [0.29, 0.717) is 0 Å². The van der Waals surface area contributed by atoms with Gasteiger partial charge in [0.1, 0.15) is 5.82 Å². The molecule has 1 fully saturated rings. The SMILES string of the molecule is COCC1(Cn2ccnc2-c2ccc3ncccc3c2)CCC1. The Kier molecular flexibility index (Phi) is 3.62. The van der Waals surface area contributed by atoms with Gasteiger partial charge in [-0.25, -0.2) is 4.98 Å². The highest BCUT2D eigenvalue weighted by Crippen LogP contribution is 2.43. The first kappa shape index (κ1) is 14.4. The van der Waals surface area contributed by atoms with Crippen LogP contribution >= 0.6 is 0 Å². The van der Waals surface area contributed by atoms with Crippen molar-refractivity contribution in [2.75, 3.05) is 13.7 Å². The standard InChI is InChI=1S/C19H21N3O/c1-23-14-19(7-3-8-19)13-22-11-10-21-18(22)16-5-6-17-15(12-16)4-2-9-20-17/h2,4-6,9-12H,3,7-8,13-14H2,1H3. The maximum atomic E-state index is 5.46. The first-order chi connectivity index (χ1) is 11.3. The van der Waals surface area contributed by atoms with Crippen LogP contribution in [-0.4, -0.2) is 28.3 Å². The molecule has 1 saturated carbocycles. The summed E-state index contributed by atoms with van der Waals surface area (Å²) >= 11 is 0. The summed E-state index contributed by atoms with van der Waals surface area (Å²) in [6.45, 7) is 1.80. The lowest BCUT2D eigenvalue weighted by Crippen LogP contribution is -2.38. The number of hydrogen-bond donors (Lipinski definition) is 0. The van der Waals surface area contributed by atoms with Crippen LogP contribution in [0.5, 0.6) is 0 Å². The summed E-state index contributed by atoms with van der Waals surface area (Å²) in [7, 11) is 1.80. The largest absolute Gasteiger partial charge is 0.384 e. The third kappa shape index (κ3) is 2.63. The van der Waals surface area contributed by atoms with Crippen molar-refractivity contribution in [2.45, 2.75) is 25.8 Å². The van der Waals surface area contributed by atoms with Crippen molar-refractivity contribution in [1.29, 1.82) is 0 Å². The van der Waals surface area contributed by atoms with E-state index in [1.165, 1.54) is 19.3 Å². The number of aromatic nitrogens is 3. The van der Waals surface area contributed by atoms with Gasteiger partial charge in [-0.05, 0) is 37.1 Å². The van der Waals surface area contributed by atoms with Crippen molar-refractivity contribution in [1.82, 2.24) is 14.5 Å². The quantitative estimate of drug-likeness (QED) is 0.717. The number of pyridine rings is 1. The topological polar surface area (TPSA) is 39.9 Å². The van der Waals surface area contributed by atoms with Crippen molar-refractivity contribution >= 4 is 10.9 Å². The molecule has 0 atom stereocenters. The molecule has 4 nitrogen and oxygen atoms in total. The number of fused-ring (bicyclic) bond motifs is 1. The second-order valence-corrected chi connectivity index (χ2v) is 6.58. The van der Waals surface area contributed by atoms with Crippen LogP contribution in [0.4, 0.5) is 0 Å². The average Bonchev–Trinajstić information content (AvgIpc) is 3.00. The zero-order valence-corrected chi connectivity index (χ0v) is 13.4. The molecular formula is C19H21N3O. The summed E-state index contributed by atoms with van der Waals surface area (Å²) in [6.07, 6.45) is 9.57. The molecule has 0 unspecified atom stereocenters. The van der Waals surface area contributed by atoms with E-state index < -0.39 is 0 Å². The maximum Gasteiger partial charge on any atom is 0.139 e. The van der Waals surface area contributed by atoms with Crippen LogP contribution in [0.2, 0.25) is 0 Å². The van der Waals surface area contributed by atoms with Crippen LogP contribution in [0.1, 0.15) is 19.3 Å². The highest BCUT2D eigenvalue weighted by Gasteiger charge is 2.37. The molecule has 1 aromatic carbocycles. The summed E-state index contributed by atoms with van der Waals surface area (Å²) in [5.41, 5.74) is 2.44. The lowest BCUT2D eigenvalue weighted by Gasteiger charge is -2.41. The number of benzene rings is 1. The highest BCUT2D eigenvalue weighted by atomic mass is 16.5. The van der Waals surface area contributed by atoms with Crippen molar-refractivity contribution in [3.05, 3.63) is 48.9 Å². The van der Waals surface area contributed by atoms with E-state index in [1.54, 1.807) is 7.11 Å². The second-order valence-electron chi connectivity index (χ2n) is 6.58. The van der Waals surface area contributed by atoms with E-state index in [-0.39, 0.29) is 5.41 Å². The molecule has 0 aliphatic heterocycles. The summed E-state index contributed by atoms with van der Waals surface area (Å²) in [4.78, 5) is 8.99. The molecule has 1 aliphatic carbocycles. The van der Waals surface area contributed by atoms with Crippen molar-refractivity contribution in [3.63, 3.8) is 0 Å². The Morgan fingerprint density at radius 2 is 2.09 bits per heavy atom. The fourth-order valence-corrected chi connectivity index (χ4v) is 3.60. The van der Waals surface area contributed by atoms with Gasteiger partial charge in [-0.3, -0.25) is 4.98 Å². The number of rotatable bonds is 5. The Bertz CT molecular complexity index is 820. The van der Waals surface area contributed by atoms with Crippen molar-refractivity contribution < 1.29 is 4.74 Å². The number of nitrogens with zero attached hydrogens (tertiary/aromatic N) is 3. The number of hydrogen-bond acceptors (Lipinski definition) is 3. The zero-order chi connectivity index (χ0) is 15.7. The maximum absolute atomic E-state index is 5.46. The summed E-state index contributed by atoms with van der Waals surface area (Å²) < 4.78 is 7.73. The molecule has 0 bridgehead atoms. The molecule has 1 aliphatic rings. The van der Waals surface area contributed by atoms with Crippen LogP contribution in [0.15, 0.2) is 48.9 Å². The fourth-order valence-electron chi connectivity index (χ4n) is 3.60. The molecule has 0 saturated heterocycles. The van der Waals surface area contributed by atoms with Crippen LogP contribution in [-0.2, 0) is 11.3 Å². The molecule has 0 spiro atoms. The molecule has 0 amide bonds. The third-order valence-electron chi connectivity index (χ3n) is 4.95. The van der Waals surface area contributed by atoms with Gasteiger partial charge in [-0.2, -0.15) is 0 Å². The van der Waals surface area contributed by atoms with Gasteiger partial charge in [-0.15, -0.1) is 0 Å². The van der Waals surface area contributed by atoms with Gasteiger partial charge in [-0.1, -0.05) is 12.5 Å². The summed E-state index contributed by atoms with van der Waals surface area (Å²) in [6, 6.07) is 10.4. The van der Waals surface area contributed by atoms with Gasteiger partial charge >= 0.3 is 0 Å². The van der Waals surface area contributed by atoms with E-state index in [0.717, 1.165) is 35.4 Å². The summed E-state index contributed by atoms with van der Waals surface area (Å²) in [5.74, 6) is 1.03. The van der Waals surface area contributed by atoms with Crippen molar-refractivity contribution in [2.24, 2.45) is 5.41 Å². The Labute approximate surface area is 136 Å². The average molecular weight is 307 g/mol. The molecule has 4 heteroatoms. The predicted molar refractivity (Wildman–Crippen MR) is 91.1 cm³/mol. The van der Waals surface area contributed by atoms with Gasteiger partial charge in [0.2, 0.25) is 0 Å². The van der Waals surface area contributed by atoms with E-state index in [2.05, 4.69) is 45.0 Å². The van der Waals surface area contributed by atoms with Gasteiger partial charge in [0, 0.05) is 48.6 Å². The minimum atomic E-state index is 0.280. The molecule has 23 heavy (non-hydrogen) atoms. The van der Waals surface area contributed by atoms with E-state index in [1.807, 2.05) is 18.5 Å². The minimum Gasteiger partial charge on any atom is -0.384 e. The van der Waals surface area contributed by atoms with Crippen LogP contribution in [0.3, 0.4) is 0 Å². The van der Waals surface area contributed by atoms with E-state index >= 15 is 0 Å². The van der Waals surface area contributed by atoms with Gasteiger partial charge in [0.15, 0.2) is 0 Å². The Morgan fingerprint density at radius 3 is 2.87 bits per heavy atom. The van der Waals surface area contributed by atoms with Crippen LogP contribution < -0.4 is 0 Å². The summed E-state index contributed by atoms with van der Waals surface area (Å²) in [5, 5.41) is 1.15. The number of ether oxygens (including phenoxy) is 1. The molecule has 4 rings (SSSR count). The third-order valence-corrected chi connectivity index (χ3v) is 4.95. The molecule has 118 valence electrons. The second kappa shape index (κ2) is 5.78. The van der Waals surface area contributed by atoms with Crippen LogP contribution in [0, 0.1) is 5.41 Å². The minimum absolute atomic E-state index is 0.280. The molecule has 0 N–H and O–H groups in total. The predicted octanol–water partition coefficient (Wildman–Crippen LogP) is 3.92. The first-order valence-corrected chi connectivity index (χ1v) is 8.15. The highest BCUT2D eigenvalue weighted by molar-refractivity contribution is 5.83. The normalized spacial score (nSPS) is 16.4. The first-order valence-electron chi connectivity index (χ1n) is 8.15. The lowest BCUT2D eigenvalue weighted by molar-refractivity contribution is 0.00372. The Hall–Kier alpha value is -2.20. The zero-order valence-electron chi connectivity index (χ0n) is 13.4. The Balaban J connectivity index is 1.68. The van der Waals surface area contributed by atoms with E-state index in [9.17, 15) is 0 Å². The molecule has 2 aromatic heterocycles. The monoisotopic (exact) mass is 307 g/mol. The lowest BCUT2D eigenvalue weighted by atomic mass is 9.69. The number of imidazole rings is 1. The molecule has 2 heterocycles. The molecule has 0 radical (unpaired) electrons. The Morgan fingerprint density at radius 1 is 1.17 bits per heavy atom. The smallest absolute Gasteiger partial charge is 0.139 e. The van der Waals surface area contributed by atoms with Gasteiger partial charge in [0.25, 0.3) is 0 Å². The van der Waals surface area contributed by atoms with E-state index in [4.69, 9.17) is 4.74 Å². The van der Waals surface area contributed by atoms with Crippen molar-refractivity contribution in [3.8, 4) is 11.4 Å². The van der Waals surface area contributed by atoms with Gasteiger partial charge in [0.05, 0.1) is 12.1 Å². The molecule has 3 aromatic rings. The van der Waals surface area contributed by atoms with Crippen LogP contribution in [0.25, 0.3) is 22.3 Å². The van der Waals surface area contributed by atoms with Gasteiger partial charge < -0.3 is 9.30 Å².